The molecule has 132 valence electrons. The van der Waals surface area contributed by atoms with Gasteiger partial charge in [-0.15, -0.1) is 0 Å². The first-order valence-electron chi connectivity index (χ1n) is 9.17. The zero-order valence-corrected chi connectivity index (χ0v) is 15.3. The van der Waals surface area contributed by atoms with E-state index in [2.05, 4.69) is 6.92 Å². The summed E-state index contributed by atoms with van der Waals surface area (Å²) in [6.45, 7) is 7.71. The Labute approximate surface area is 137 Å². The standard InChI is InChI=1S/C19H38O3/c1-5-6-7-8-9-10-11-12-13-14-15-19(4,22)18(2,3)16-17(20)21/h22H,5-16H2,1-4H3,(H,20,21). The molecule has 0 fully saturated rings. The first-order chi connectivity index (χ1) is 10.2. The quantitative estimate of drug-likeness (QED) is 0.413. The van der Waals surface area contributed by atoms with E-state index in [0.717, 1.165) is 12.8 Å². The highest BCUT2D eigenvalue weighted by Crippen LogP contribution is 2.37. The van der Waals surface area contributed by atoms with E-state index < -0.39 is 17.0 Å². The maximum Gasteiger partial charge on any atom is 0.303 e. The van der Waals surface area contributed by atoms with Gasteiger partial charge in [0.15, 0.2) is 0 Å². The Kier molecular flexibility index (Phi) is 10.8. The summed E-state index contributed by atoms with van der Waals surface area (Å²) in [5.74, 6) is -0.839. The van der Waals surface area contributed by atoms with Gasteiger partial charge in [-0.1, -0.05) is 85.0 Å². The zero-order chi connectivity index (χ0) is 17.1. The fourth-order valence-corrected chi connectivity index (χ4v) is 2.86. The van der Waals surface area contributed by atoms with Gasteiger partial charge >= 0.3 is 5.97 Å². The molecule has 0 saturated heterocycles. The van der Waals surface area contributed by atoms with E-state index in [0.29, 0.717) is 6.42 Å². The fraction of sp³-hybridized carbons (Fsp3) is 0.947. The van der Waals surface area contributed by atoms with Crippen molar-refractivity contribution in [3.05, 3.63) is 0 Å². The molecule has 1 atom stereocenters. The molecular weight excluding hydrogens is 276 g/mol. The van der Waals surface area contributed by atoms with Crippen LogP contribution in [0, 0.1) is 5.41 Å². The summed E-state index contributed by atoms with van der Waals surface area (Å²) in [6.07, 6.45) is 13.4. The first-order valence-corrected chi connectivity index (χ1v) is 9.17. The molecule has 0 aliphatic carbocycles. The molecule has 0 aromatic carbocycles. The topological polar surface area (TPSA) is 57.5 Å². The summed E-state index contributed by atoms with van der Waals surface area (Å²) in [5.41, 5.74) is -1.50. The molecule has 0 heterocycles. The van der Waals surface area contributed by atoms with Crippen LogP contribution in [-0.4, -0.2) is 21.8 Å². The van der Waals surface area contributed by atoms with Crippen LogP contribution in [0.5, 0.6) is 0 Å². The Balaban J connectivity index is 3.70. The number of carboxylic acids is 1. The summed E-state index contributed by atoms with van der Waals surface area (Å²) >= 11 is 0. The van der Waals surface area contributed by atoms with E-state index >= 15 is 0 Å². The highest BCUT2D eigenvalue weighted by Gasteiger charge is 2.40. The largest absolute Gasteiger partial charge is 0.481 e. The van der Waals surface area contributed by atoms with Crippen molar-refractivity contribution in [2.75, 3.05) is 0 Å². The minimum Gasteiger partial charge on any atom is -0.481 e. The van der Waals surface area contributed by atoms with Crippen molar-refractivity contribution >= 4 is 5.97 Å². The maximum atomic E-state index is 10.9. The van der Waals surface area contributed by atoms with Crippen LogP contribution in [0.15, 0.2) is 0 Å². The molecule has 0 aromatic heterocycles. The molecule has 0 bridgehead atoms. The zero-order valence-electron chi connectivity index (χ0n) is 15.3. The van der Waals surface area contributed by atoms with Crippen LogP contribution in [-0.2, 0) is 4.79 Å². The number of hydrogen-bond donors (Lipinski definition) is 2. The number of aliphatic hydroxyl groups is 1. The van der Waals surface area contributed by atoms with Crippen molar-refractivity contribution in [1.29, 1.82) is 0 Å². The van der Waals surface area contributed by atoms with E-state index in [4.69, 9.17) is 5.11 Å². The second-order valence-electron chi connectivity index (χ2n) is 7.66. The molecule has 0 aliphatic rings. The lowest BCUT2D eigenvalue weighted by atomic mass is 9.71. The SMILES string of the molecule is CCCCCCCCCCCCC(C)(O)C(C)(C)CC(=O)O. The average molecular weight is 315 g/mol. The summed E-state index contributed by atoms with van der Waals surface area (Å²) in [4.78, 5) is 10.9. The van der Waals surface area contributed by atoms with Crippen LogP contribution < -0.4 is 0 Å². The lowest BCUT2D eigenvalue weighted by molar-refractivity contribution is -0.145. The van der Waals surface area contributed by atoms with Gasteiger partial charge in [0.2, 0.25) is 0 Å². The Morgan fingerprint density at radius 2 is 1.23 bits per heavy atom. The van der Waals surface area contributed by atoms with E-state index in [9.17, 15) is 9.90 Å². The fourth-order valence-electron chi connectivity index (χ4n) is 2.86. The lowest BCUT2D eigenvalue weighted by Gasteiger charge is -2.39. The summed E-state index contributed by atoms with van der Waals surface area (Å²) in [6, 6.07) is 0. The minimum atomic E-state index is -0.911. The Morgan fingerprint density at radius 1 is 0.818 bits per heavy atom. The lowest BCUT2D eigenvalue weighted by Crippen LogP contribution is -2.43. The molecule has 0 radical (unpaired) electrons. The molecule has 22 heavy (non-hydrogen) atoms. The van der Waals surface area contributed by atoms with Gasteiger partial charge in [-0.05, 0) is 13.3 Å². The van der Waals surface area contributed by atoms with E-state index in [-0.39, 0.29) is 6.42 Å². The van der Waals surface area contributed by atoms with Crippen LogP contribution in [0.2, 0.25) is 0 Å². The number of rotatable bonds is 14. The van der Waals surface area contributed by atoms with Crippen molar-refractivity contribution in [3.63, 3.8) is 0 Å². The van der Waals surface area contributed by atoms with Crippen LogP contribution in [0.3, 0.4) is 0 Å². The van der Waals surface area contributed by atoms with E-state index in [1.807, 2.05) is 13.8 Å². The number of aliphatic carboxylic acids is 1. The molecule has 1 unspecified atom stereocenters. The molecule has 0 amide bonds. The summed E-state index contributed by atoms with van der Waals surface area (Å²) < 4.78 is 0. The van der Waals surface area contributed by atoms with Crippen molar-refractivity contribution < 1.29 is 15.0 Å². The maximum absolute atomic E-state index is 10.9. The van der Waals surface area contributed by atoms with Crippen molar-refractivity contribution in [2.45, 2.75) is 110 Å². The summed E-state index contributed by atoms with van der Waals surface area (Å²) in [5, 5.41) is 19.5. The molecule has 0 aromatic rings. The molecule has 3 nitrogen and oxygen atoms in total. The van der Waals surface area contributed by atoms with Gasteiger partial charge < -0.3 is 10.2 Å². The van der Waals surface area contributed by atoms with Crippen LogP contribution in [0.25, 0.3) is 0 Å². The predicted octanol–water partition coefficient (Wildman–Crippen LogP) is 5.55. The molecule has 3 heteroatoms. The minimum absolute atomic E-state index is 0.0117. The highest BCUT2D eigenvalue weighted by atomic mass is 16.4. The monoisotopic (exact) mass is 314 g/mol. The first kappa shape index (κ1) is 21.4. The number of hydrogen-bond acceptors (Lipinski definition) is 2. The van der Waals surface area contributed by atoms with Crippen molar-refractivity contribution in [3.8, 4) is 0 Å². The Bertz CT molecular complexity index is 295. The van der Waals surface area contributed by atoms with E-state index in [1.54, 1.807) is 6.92 Å². The third-order valence-electron chi connectivity index (χ3n) is 5.07. The number of carboxylic acid groups (broad SMARTS) is 1. The number of unbranched alkanes of at least 4 members (excludes halogenated alkanes) is 9. The normalized spacial score (nSPS) is 14.8. The number of carbonyl (C=O) groups is 1. The average Bonchev–Trinajstić information content (AvgIpc) is 2.39. The van der Waals surface area contributed by atoms with Gasteiger partial charge in [-0.2, -0.15) is 0 Å². The van der Waals surface area contributed by atoms with E-state index in [1.165, 1.54) is 51.4 Å². The third kappa shape index (κ3) is 9.45. The highest BCUT2D eigenvalue weighted by molar-refractivity contribution is 5.67. The smallest absolute Gasteiger partial charge is 0.303 e. The Morgan fingerprint density at radius 3 is 1.64 bits per heavy atom. The predicted molar refractivity (Wildman–Crippen MR) is 93.1 cm³/mol. The van der Waals surface area contributed by atoms with Gasteiger partial charge in [0.05, 0.1) is 12.0 Å². The van der Waals surface area contributed by atoms with Gasteiger partial charge in [-0.25, -0.2) is 0 Å². The Hall–Kier alpha value is -0.570. The third-order valence-corrected chi connectivity index (χ3v) is 5.07. The molecule has 0 aliphatic heterocycles. The second kappa shape index (κ2) is 11.0. The second-order valence-corrected chi connectivity index (χ2v) is 7.66. The summed E-state index contributed by atoms with van der Waals surface area (Å²) in [7, 11) is 0. The van der Waals surface area contributed by atoms with Gasteiger partial charge in [0.25, 0.3) is 0 Å². The van der Waals surface area contributed by atoms with Crippen molar-refractivity contribution in [2.24, 2.45) is 5.41 Å². The van der Waals surface area contributed by atoms with Crippen molar-refractivity contribution in [1.82, 2.24) is 0 Å². The van der Waals surface area contributed by atoms with Gasteiger partial charge in [0, 0.05) is 5.41 Å². The van der Waals surface area contributed by atoms with Crippen LogP contribution >= 0.6 is 0 Å². The van der Waals surface area contributed by atoms with Gasteiger partial charge in [-0.3, -0.25) is 4.79 Å². The molecular formula is C19H38O3. The van der Waals surface area contributed by atoms with Gasteiger partial charge in [0.1, 0.15) is 0 Å². The molecule has 0 saturated carbocycles. The molecule has 0 spiro atoms. The molecule has 0 rings (SSSR count). The van der Waals surface area contributed by atoms with Crippen LogP contribution in [0.1, 0.15) is 105 Å². The molecule has 2 N–H and O–H groups in total. The van der Waals surface area contributed by atoms with Crippen LogP contribution in [0.4, 0.5) is 0 Å².